The molecule has 0 aromatic heterocycles. The lowest BCUT2D eigenvalue weighted by Crippen LogP contribution is -2.45. The van der Waals surface area contributed by atoms with Gasteiger partial charge < -0.3 is 19.7 Å². The van der Waals surface area contributed by atoms with E-state index in [0.29, 0.717) is 12.0 Å². The van der Waals surface area contributed by atoms with Crippen LogP contribution in [0.25, 0.3) is 0 Å². The van der Waals surface area contributed by atoms with E-state index >= 15 is 0 Å². The molecule has 4 rings (SSSR count). The van der Waals surface area contributed by atoms with Crippen LogP contribution in [0, 0.1) is 5.92 Å². The summed E-state index contributed by atoms with van der Waals surface area (Å²) in [4.78, 5) is 14.5. The first-order valence-corrected chi connectivity index (χ1v) is 10.5. The van der Waals surface area contributed by atoms with Gasteiger partial charge in [0.1, 0.15) is 11.5 Å². The molecule has 0 spiro atoms. The number of hydrazine groups is 1. The maximum Gasteiger partial charge on any atom is 0.321 e. The number of carbonyl (C=O) groups excluding carboxylic acids is 1. The van der Waals surface area contributed by atoms with E-state index in [2.05, 4.69) is 28.3 Å². The van der Waals surface area contributed by atoms with Crippen molar-refractivity contribution in [2.75, 3.05) is 32.6 Å². The Bertz CT molecular complexity index is 850. The van der Waals surface area contributed by atoms with Crippen LogP contribution >= 0.6 is 0 Å². The number of amides is 2. The molecule has 3 N–H and O–H groups in total. The van der Waals surface area contributed by atoms with Gasteiger partial charge in [0.25, 0.3) is 0 Å². The Morgan fingerprint density at radius 2 is 1.73 bits per heavy atom. The molecule has 30 heavy (non-hydrogen) atoms. The maximum atomic E-state index is 12.6. The zero-order valence-corrected chi connectivity index (χ0v) is 17.6. The average Bonchev–Trinajstić information content (AvgIpc) is 3.30. The van der Waals surface area contributed by atoms with Crippen molar-refractivity contribution in [1.29, 1.82) is 0 Å². The van der Waals surface area contributed by atoms with Crippen LogP contribution in [-0.4, -0.2) is 44.3 Å². The van der Waals surface area contributed by atoms with Crippen LogP contribution < -0.4 is 25.6 Å². The molecule has 2 aromatic rings. The molecule has 0 bridgehead atoms. The molecule has 2 heterocycles. The van der Waals surface area contributed by atoms with Gasteiger partial charge in [-0.25, -0.2) is 4.79 Å². The molecule has 2 aliphatic heterocycles. The van der Waals surface area contributed by atoms with E-state index in [1.54, 1.807) is 14.2 Å². The van der Waals surface area contributed by atoms with E-state index in [4.69, 9.17) is 9.47 Å². The highest BCUT2D eigenvalue weighted by Crippen LogP contribution is 2.32. The van der Waals surface area contributed by atoms with Crippen LogP contribution in [0.4, 0.5) is 10.5 Å². The Morgan fingerprint density at radius 1 is 1.00 bits per heavy atom. The summed E-state index contributed by atoms with van der Waals surface area (Å²) >= 11 is 0. The smallest absolute Gasteiger partial charge is 0.321 e. The third-order valence-corrected chi connectivity index (χ3v) is 6.17. The second-order valence-corrected chi connectivity index (χ2v) is 7.94. The van der Waals surface area contributed by atoms with Gasteiger partial charge in [-0.05, 0) is 67.1 Å². The summed E-state index contributed by atoms with van der Waals surface area (Å²) in [5, 5.41) is 2.98. The Hall–Kier alpha value is -2.77. The van der Waals surface area contributed by atoms with Gasteiger partial charge in [-0.2, -0.15) is 0 Å². The lowest BCUT2D eigenvalue weighted by molar-refractivity contribution is 0.169. The SMILES string of the molecule is COc1ccc(NC(=O)N2CCC(C3CC(c4cccc(OC)c4)NN3)CC2)cc1. The molecule has 0 saturated carbocycles. The molecule has 2 saturated heterocycles. The number of piperidine rings is 1. The lowest BCUT2D eigenvalue weighted by atomic mass is 9.86. The molecule has 2 aromatic carbocycles. The number of methoxy groups -OCH3 is 2. The molecular weight excluding hydrogens is 380 g/mol. The predicted octanol–water partition coefficient (Wildman–Crippen LogP) is 3.56. The molecule has 2 amide bonds. The fraction of sp³-hybridized carbons (Fsp3) is 0.435. The minimum atomic E-state index is -0.0367. The van der Waals surface area contributed by atoms with Gasteiger partial charge in [-0.3, -0.25) is 10.9 Å². The molecule has 0 aliphatic carbocycles. The summed E-state index contributed by atoms with van der Waals surface area (Å²) in [6, 6.07) is 16.3. The summed E-state index contributed by atoms with van der Waals surface area (Å²) < 4.78 is 10.5. The molecule has 7 nitrogen and oxygen atoms in total. The summed E-state index contributed by atoms with van der Waals surface area (Å²) in [5.41, 5.74) is 8.94. The third kappa shape index (κ3) is 4.68. The fourth-order valence-electron chi connectivity index (χ4n) is 4.35. The first-order chi connectivity index (χ1) is 14.7. The molecule has 0 radical (unpaired) electrons. The Balaban J connectivity index is 1.26. The van der Waals surface area contributed by atoms with E-state index in [1.165, 1.54) is 5.56 Å². The van der Waals surface area contributed by atoms with Crippen molar-refractivity contribution in [3.05, 3.63) is 54.1 Å². The standard InChI is InChI=1S/C23H30N4O3/c1-29-19-8-6-18(7-9-19)24-23(28)27-12-10-16(11-13-27)21-15-22(26-25-21)17-4-3-5-20(14-17)30-2/h3-9,14,16,21-22,25-26H,10-13,15H2,1-2H3,(H,24,28). The van der Waals surface area contributed by atoms with Crippen LogP contribution in [0.1, 0.15) is 30.9 Å². The number of ether oxygens (including phenoxy) is 2. The van der Waals surface area contributed by atoms with Crippen molar-refractivity contribution in [3.63, 3.8) is 0 Å². The largest absolute Gasteiger partial charge is 0.497 e. The molecule has 7 heteroatoms. The quantitative estimate of drug-likeness (QED) is 0.703. The van der Waals surface area contributed by atoms with Crippen molar-refractivity contribution in [2.24, 2.45) is 5.92 Å². The van der Waals surface area contributed by atoms with Crippen molar-refractivity contribution in [2.45, 2.75) is 31.3 Å². The topological polar surface area (TPSA) is 74.9 Å². The molecular formula is C23H30N4O3. The molecule has 160 valence electrons. The number of rotatable bonds is 5. The zero-order chi connectivity index (χ0) is 20.9. The number of urea groups is 1. The van der Waals surface area contributed by atoms with Gasteiger partial charge in [0.2, 0.25) is 0 Å². The second kappa shape index (κ2) is 9.36. The molecule has 2 fully saturated rings. The summed E-state index contributed by atoms with van der Waals surface area (Å²) in [7, 11) is 3.33. The predicted molar refractivity (Wildman–Crippen MR) is 117 cm³/mol. The second-order valence-electron chi connectivity index (χ2n) is 7.94. The number of anilines is 1. The average molecular weight is 411 g/mol. The zero-order valence-electron chi connectivity index (χ0n) is 17.6. The molecule has 2 aliphatic rings. The van der Waals surface area contributed by atoms with Crippen molar-refractivity contribution in [1.82, 2.24) is 15.8 Å². The number of hydrogen-bond acceptors (Lipinski definition) is 5. The van der Waals surface area contributed by atoms with Gasteiger partial charge in [0.15, 0.2) is 0 Å². The normalized spacial score (nSPS) is 22.0. The highest BCUT2D eigenvalue weighted by Gasteiger charge is 2.34. The number of likely N-dealkylation sites (tertiary alicyclic amines) is 1. The van der Waals surface area contributed by atoms with E-state index in [0.717, 1.165) is 49.5 Å². The van der Waals surface area contributed by atoms with Crippen LogP contribution in [0.2, 0.25) is 0 Å². The monoisotopic (exact) mass is 410 g/mol. The Labute approximate surface area is 177 Å². The summed E-state index contributed by atoms with van der Waals surface area (Å²) in [5.74, 6) is 2.21. The number of nitrogens with zero attached hydrogens (tertiary/aromatic N) is 1. The Morgan fingerprint density at radius 3 is 2.43 bits per heavy atom. The number of hydrogen-bond donors (Lipinski definition) is 3. The molecule has 2 unspecified atom stereocenters. The first kappa shape index (κ1) is 20.5. The maximum absolute atomic E-state index is 12.6. The van der Waals surface area contributed by atoms with Gasteiger partial charge in [0, 0.05) is 30.9 Å². The van der Waals surface area contributed by atoms with Crippen LogP contribution in [0.3, 0.4) is 0 Å². The van der Waals surface area contributed by atoms with E-state index in [9.17, 15) is 4.79 Å². The van der Waals surface area contributed by atoms with Crippen LogP contribution in [0.15, 0.2) is 48.5 Å². The number of benzene rings is 2. The Kier molecular flexibility index (Phi) is 6.40. The van der Waals surface area contributed by atoms with Crippen molar-refractivity contribution < 1.29 is 14.3 Å². The van der Waals surface area contributed by atoms with E-state index in [-0.39, 0.29) is 12.1 Å². The van der Waals surface area contributed by atoms with Crippen LogP contribution in [-0.2, 0) is 0 Å². The van der Waals surface area contributed by atoms with Gasteiger partial charge >= 0.3 is 6.03 Å². The van der Waals surface area contributed by atoms with Gasteiger partial charge in [0.05, 0.1) is 14.2 Å². The fourth-order valence-corrected chi connectivity index (χ4v) is 4.35. The number of nitrogens with one attached hydrogen (secondary N) is 3. The van der Waals surface area contributed by atoms with Crippen molar-refractivity contribution >= 4 is 11.7 Å². The van der Waals surface area contributed by atoms with Gasteiger partial charge in [-0.1, -0.05) is 12.1 Å². The minimum absolute atomic E-state index is 0.0367. The van der Waals surface area contributed by atoms with E-state index in [1.807, 2.05) is 41.3 Å². The van der Waals surface area contributed by atoms with Gasteiger partial charge in [-0.15, -0.1) is 0 Å². The number of carbonyl (C=O) groups is 1. The minimum Gasteiger partial charge on any atom is -0.497 e. The first-order valence-electron chi connectivity index (χ1n) is 10.5. The molecule has 2 atom stereocenters. The lowest BCUT2D eigenvalue weighted by Gasteiger charge is -2.34. The summed E-state index contributed by atoms with van der Waals surface area (Å²) in [6.45, 7) is 1.54. The highest BCUT2D eigenvalue weighted by atomic mass is 16.5. The third-order valence-electron chi connectivity index (χ3n) is 6.17. The summed E-state index contributed by atoms with van der Waals surface area (Å²) in [6.07, 6.45) is 3.04. The van der Waals surface area contributed by atoms with Crippen molar-refractivity contribution in [3.8, 4) is 11.5 Å². The highest BCUT2D eigenvalue weighted by molar-refractivity contribution is 5.89. The van der Waals surface area contributed by atoms with Crippen LogP contribution in [0.5, 0.6) is 11.5 Å². The van der Waals surface area contributed by atoms with E-state index < -0.39 is 0 Å².